The number of aryl methyl sites for hydroxylation is 2. The smallest absolute Gasteiger partial charge is 0.194 e. The lowest BCUT2D eigenvalue weighted by atomic mass is 10.1. The number of likely N-dealkylation sites (tertiary alicyclic amines) is 1. The maximum atomic E-state index is 5.26. The van der Waals surface area contributed by atoms with E-state index in [9.17, 15) is 0 Å². The minimum Gasteiger partial charge on any atom is -0.384 e. The first-order valence-electron chi connectivity index (χ1n) is 7.59. The van der Waals surface area contributed by atoms with Crippen LogP contribution in [-0.4, -0.2) is 49.4 Å². The molecule has 0 bridgehead atoms. The van der Waals surface area contributed by atoms with E-state index >= 15 is 0 Å². The van der Waals surface area contributed by atoms with Crippen LogP contribution in [0.4, 0.5) is 0 Å². The number of ether oxygens (including phenoxy) is 1. The fourth-order valence-electron chi connectivity index (χ4n) is 2.70. The summed E-state index contributed by atoms with van der Waals surface area (Å²) in [7, 11) is 1.76. The lowest BCUT2D eigenvalue weighted by molar-refractivity contribution is 0.157. The van der Waals surface area contributed by atoms with Crippen molar-refractivity contribution in [1.29, 1.82) is 0 Å². The van der Waals surface area contributed by atoms with Crippen molar-refractivity contribution in [2.75, 3.05) is 33.4 Å². The molecule has 0 radical (unpaired) electrons. The Balaban J connectivity index is 2.03. The molecule has 1 unspecified atom stereocenters. The van der Waals surface area contributed by atoms with Crippen LogP contribution >= 0.6 is 0 Å². The first kappa shape index (κ1) is 15.8. The Labute approximate surface area is 126 Å². The van der Waals surface area contributed by atoms with Gasteiger partial charge in [-0.2, -0.15) is 0 Å². The van der Waals surface area contributed by atoms with E-state index in [1.54, 1.807) is 7.11 Å². The number of aliphatic imine (C=N–C) groups is 1. The molecule has 21 heavy (non-hydrogen) atoms. The Kier molecular flexibility index (Phi) is 5.61. The highest BCUT2D eigenvalue weighted by molar-refractivity contribution is 5.80. The summed E-state index contributed by atoms with van der Waals surface area (Å²) in [4.78, 5) is 7.06. The van der Waals surface area contributed by atoms with Crippen molar-refractivity contribution in [2.24, 2.45) is 10.9 Å². The molecule has 1 N–H and O–H groups in total. The molecule has 6 heteroatoms. The fourth-order valence-corrected chi connectivity index (χ4v) is 2.70. The summed E-state index contributed by atoms with van der Waals surface area (Å²) in [5.41, 5.74) is 2.00. The second-order valence-corrected chi connectivity index (χ2v) is 5.53. The molecule has 0 aliphatic carbocycles. The van der Waals surface area contributed by atoms with Crippen LogP contribution in [0, 0.1) is 19.8 Å². The molecule has 1 aromatic heterocycles. The lowest BCUT2D eigenvalue weighted by Crippen LogP contribution is -2.40. The predicted octanol–water partition coefficient (Wildman–Crippen LogP) is 1.73. The van der Waals surface area contributed by atoms with Gasteiger partial charge in [0, 0.05) is 38.2 Å². The standard InChI is InChI=1S/C15H26N4O2/c1-5-16-15(19-7-6-13(9-19)10-20-4)17-8-14-11(2)18-21-12(14)3/h13H,5-10H2,1-4H3,(H,16,17). The summed E-state index contributed by atoms with van der Waals surface area (Å²) in [6, 6.07) is 0. The molecular formula is C15H26N4O2. The number of nitrogens with zero attached hydrogens (tertiary/aromatic N) is 3. The molecule has 1 aliphatic rings. The van der Waals surface area contributed by atoms with Crippen molar-refractivity contribution in [2.45, 2.75) is 33.7 Å². The highest BCUT2D eigenvalue weighted by Gasteiger charge is 2.24. The largest absolute Gasteiger partial charge is 0.384 e. The zero-order valence-electron chi connectivity index (χ0n) is 13.5. The minimum atomic E-state index is 0.595. The van der Waals surface area contributed by atoms with E-state index in [0.29, 0.717) is 12.5 Å². The van der Waals surface area contributed by atoms with Crippen molar-refractivity contribution in [1.82, 2.24) is 15.4 Å². The quantitative estimate of drug-likeness (QED) is 0.662. The third-order valence-corrected chi connectivity index (χ3v) is 3.89. The molecule has 0 aromatic carbocycles. The summed E-state index contributed by atoms with van der Waals surface area (Å²) in [5.74, 6) is 2.42. The topological polar surface area (TPSA) is 62.9 Å². The number of hydrogen-bond donors (Lipinski definition) is 1. The summed E-state index contributed by atoms with van der Waals surface area (Å²) < 4.78 is 10.4. The van der Waals surface area contributed by atoms with Gasteiger partial charge < -0.3 is 19.5 Å². The third-order valence-electron chi connectivity index (χ3n) is 3.89. The monoisotopic (exact) mass is 294 g/mol. The minimum absolute atomic E-state index is 0.595. The molecule has 2 heterocycles. The summed E-state index contributed by atoms with van der Waals surface area (Å²) >= 11 is 0. The lowest BCUT2D eigenvalue weighted by Gasteiger charge is -2.21. The maximum Gasteiger partial charge on any atom is 0.194 e. The normalized spacial score (nSPS) is 19.3. The van der Waals surface area contributed by atoms with Gasteiger partial charge in [0.15, 0.2) is 5.96 Å². The highest BCUT2D eigenvalue weighted by Crippen LogP contribution is 2.18. The SMILES string of the molecule is CCNC(=NCc1c(C)noc1C)N1CCC(COC)C1. The molecule has 0 amide bonds. The van der Waals surface area contributed by atoms with E-state index in [2.05, 4.69) is 22.3 Å². The Morgan fingerprint density at radius 1 is 1.52 bits per heavy atom. The zero-order valence-corrected chi connectivity index (χ0v) is 13.5. The van der Waals surface area contributed by atoms with Gasteiger partial charge in [-0.25, -0.2) is 4.99 Å². The Hall–Kier alpha value is -1.56. The van der Waals surface area contributed by atoms with Crippen molar-refractivity contribution in [3.63, 3.8) is 0 Å². The van der Waals surface area contributed by atoms with Gasteiger partial charge in [-0.3, -0.25) is 0 Å². The second-order valence-electron chi connectivity index (χ2n) is 5.53. The molecule has 6 nitrogen and oxygen atoms in total. The van der Waals surface area contributed by atoms with Crippen molar-refractivity contribution < 1.29 is 9.26 Å². The van der Waals surface area contributed by atoms with Gasteiger partial charge in [-0.15, -0.1) is 0 Å². The Morgan fingerprint density at radius 2 is 2.33 bits per heavy atom. The molecule has 2 rings (SSSR count). The molecule has 1 fully saturated rings. The summed E-state index contributed by atoms with van der Waals surface area (Å²) in [6.45, 7) is 10.3. The van der Waals surface area contributed by atoms with Crippen LogP contribution in [0.5, 0.6) is 0 Å². The average Bonchev–Trinajstić information content (AvgIpc) is 3.04. The van der Waals surface area contributed by atoms with E-state index in [1.165, 1.54) is 0 Å². The van der Waals surface area contributed by atoms with E-state index in [1.807, 2.05) is 13.8 Å². The van der Waals surface area contributed by atoms with Gasteiger partial charge in [0.25, 0.3) is 0 Å². The van der Waals surface area contributed by atoms with Crippen LogP contribution in [-0.2, 0) is 11.3 Å². The molecule has 1 saturated heterocycles. The van der Waals surface area contributed by atoms with Gasteiger partial charge in [0.2, 0.25) is 0 Å². The number of hydrogen-bond acceptors (Lipinski definition) is 4. The Morgan fingerprint density at radius 3 is 2.95 bits per heavy atom. The number of nitrogens with one attached hydrogen (secondary N) is 1. The first-order valence-corrected chi connectivity index (χ1v) is 7.59. The van der Waals surface area contributed by atoms with Gasteiger partial charge in [0.05, 0.1) is 18.8 Å². The van der Waals surface area contributed by atoms with Crippen LogP contribution in [0.15, 0.2) is 9.52 Å². The predicted molar refractivity (Wildman–Crippen MR) is 82.3 cm³/mol. The molecule has 1 aromatic rings. The molecule has 1 aliphatic heterocycles. The van der Waals surface area contributed by atoms with Gasteiger partial charge >= 0.3 is 0 Å². The van der Waals surface area contributed by atoms with E-state index in [-0.39, 0.29) is 0 Å². The average molecular weight is 294 g/mol. The van der Waals surface area contributed by atoms with E-state index in [0.717, 1.165) is 55.6 Å². The van der Waals surface area contributed by atoms with Crippen LogP contribution in [0.2, 0.25) is 0 Å². The van der Waals surface area contributed by atoms with Crippen LogP contribution in [0.25, 0.3) is 0 Å². The first-order chi connectivity index (χ1) is 10.2. The van der Waals surface area contributed by atoms with Crippen molar-refractivity contribution in [3.8, 4) is 0 Å². The van der Waals surface area contributed by atoms with E-state index < -0.39 is 0 Å². The van der Waals surface area contributed by atoms with Crippen LogP contribution in [0.1, 0.15) is 30.4 Å². The zero-order chi connectivity index (χ0) is 15.2. The number of rotatable bonds is 5. The molecule has 0 spiro atoms. The van der Waals surface area contributed by atoms with Crippen molar-refractivity contribution >= 4 is 5.96 Å². The van der Waals surface area contributed by atoms with Gasteiger partial charge in [0.1, 0.15) is 5.76 Å². The van der Waals surface area contributed by atoms with Gasteiger partial charge in [-0.1, -0.05) is 5.16 Å². The number of methoxy groups -OCH3 is 1. The maximum absolute atomic E-state index is 5.26. The summed E-state index contributed by atoms with van der Waals surface area (Å²) in [6.07, 6.45) is 1.16. The third kappa shape index (κ3) is 3.97. The number of guanidine groups is 1. The summed E-state index contributed by atoms with van der Waals surface area (Å²) in [5, 5.41) is 7.35. The number of aromatic nitrogens is 1. The molecular weight excluding hydrogens is 268 g/mol. The molecule has 118 valence electrons. The van der Waals surface area contributed by atoms with E-state index in [4.69, 9.17) is 14.3 Å². The van der Waals surface area contributed by atoms with Crippen LogP contribution < -0.4 is 5.32 Å². The Bertz CT molecular complexity index is 465. The fraction of sp³-hybridized carbons (Fsp3) is 0.733. The van der Waals surface area contributed by atoms with Crippen molar-refractivity contribution in [3.05, 3.63) is 17.0 Å². The molecule has 1 atom stereocenters. The molecule has 0 saturated carbocycles. The van der Waals surface area contributed by atoms with Crippen LogP contribution in [0.3, 0.4) is 0 Å². The highest BCUT2D eigenvalue weighted by atomic mass is 16.5. The van der Waals surface area contributed by atoms with Gasteiger partial charge in [-0.05, 0) is 27.2 Å². The second kappa shape index (κ2) is 7.45.